The van der Waals surface area contributed by atoms with Crippen molar-refractivity contribution in [1.29, 1.82) is 0 Å². The first-order chi connectivity index (χ1) is 3.06. The average molecular weight is 194 g/mol. The van der Waals surface area contributed by atoms with Gasteiger partial charge in [-0.1, -0.05) is 0 Å². The Labute approximate surface area is 70.7 Å². The third-order valence-electron chi connectivity index (χ3n) is 0.180. The van der Waals surface area contributed by atoms with Gasteiger partial charge < -0.3 is 0 Å². The molecule has 0 aromatic rings. The summed E-state index contributed by atoms with van der Waals surface area (Å²) in [6, 6.07) is 0. The summed E-state index contributed by atoms with van der Waals surface area (Å²) in [6.45, 7) is -0.278. The first-order valence-electron chi connectivity index (χ1n) is 1.24. The molecule has 0 aromatic heterocycles. The van der Waals surface area contributed by atoms with Crippen molar-refractivity contribution in [2.45, 2.75) is 0 Å². The Bertz CT molecular complexity index is 105. The summed E-state index contributed by atoms with van der Waals surface area (Å²) >= 11 is -5.06. The molecule has 0 atom stereocenters. The summed E-state index contributed by atoms with van der Waals surface area (Å²) in [5.74, 6) is 0. The zero-order chi connectivity index (χ0) is 5.91. The van der Waals surface area contributed by atoms with Gasteiger partial charge in [-0.15, -0.1) is 0 Å². The van der Waals surface area contributed by atoms with Crippen LogP contribution in [0.15, 0.2) is 0 Å². The molecule has 0 spiro atoms. The second-order valence-corrected chi connectivity index (χ2v) is 3.19. The minimum atomic E-state index is -5.06. The van der Waals surface area contributed by atoms with E-state index in [1.165, 1.54) is 0 Å². The van der Waals surface area contributed by atoms with Crippen LogP contribution in [0.25, 0.3) is 0 Å². The molecular formula is CH4AsNaO5. The number of hydrogen-bond acceptors (Lipinski definition) is 3. The van der Waals surface area contributed by atoms with E-state index in [2.05, 4.69) is 3.73 Å². The van der Waals surface area contributed by atoms with Gasteiger partial charge in [-0.3, -0.25) is 0 Å². The van der Waals surface area contributed by atoms with Crippen LogP contribution in [0.1, 0.15) is 0 Å². The van der Waals surface area contributed by atoms with E-state index < -0.39 is 14.5 Å². The zero-order valence-electron chi connectivity index (χ0n) is 3.14. The predicted octanol–water partition coefficient (Wildman–Crippen LogP) is -2.64. The Balaban J connectivity index is 0. The standard InChI is InChI=1S/CH3AsO5.Na.H/c3-1-7-2(4,5)6;;/h1H,(H2,4,5,6);;. The molecule has 44 valence electrons. The van der Waals surface area contributed by atoms with Gasteiger partial charge in [0.25, 0.3) is 0 Å². The van der Waals surface area contributed by atoms with E-state index in [-0.39, 0.29) is 36.0 Å². The molecule has 5 nitrogen and oxygen atoms in total. The molecule has 0 heterocycles. The Morgan fingerprint density at radius 1 is 1.50 bits per heavy atom. The maximum atomic E-state index is 9.53. The Hall–Kier alpha value is 0.748. The van der Waals surface area contributed by atoms with Crippen molar-refractivity contribution in [2.24, 2.45) is 0 Å². The molecule has 2 N–H and O–H groups in total. The van der Waals surface area contributed by atoms with E-state index in [0.29, 0.717) is 0 Å². The van der Waals surface area contributed by atoms with E-state index in [9.17, 15) is 3.74 Å². The van der Waals surface area contributed by atoms with E-state index in [4.69, 9.17) is 13.0 Å². The third kappa shape index (κ3) is 9.89. The summed E-state index contributed by atoms with van der Waals surface area (Å²) in [4.78, 5) is 9.12. The van der Waals surface area contributed by atoms with Crippen molar-refractivity contribution in [2.75, 3.05) is 0 Å². The van der Waals surface area contributed by atoms with Crippen molar-refractivity contribution >= 4 is 50.5 Å². The Kier molecular flexibility index (Phi) is 6.65. The van der Waals surface area contributed by atoms with Crippen LogP contribution in [-0.4, -0.2) is 58.7 Å². The van der Waals surface area contributed by atoms with Gasteiger partial charge in [0.1, 0.15) is 0 Å². The summed E-state index contributed by atoms with van der Waals surface area (Å²) in [7, 11) is 0. The monoisotopic (exact) mass is 194 g/mol. The third-order valence-corrected chi connectivity index (χ3v) is 0.937. The Morgan fingerprint density at radius 3 is 1.88 bits per heavy atom. The molecule has 0 aliphatic heterocycles. The SMILES string of the molecule is O=CO[As](=O)(O)O.[NaH]. The molecule has 0 amide bonds. The summed E-state index contributed by atoms with van der Waals surface area (Å²) < 4.78 is 28.3. The second-order valence-electron chi connectivity index (χ2n) is 0.692. The summed E-state index contributed by atoms with van der Waals surface area (Å²) in [5.41, 5.74) is 0. The van der Waals surface area contributed by atoms with Gasteiger partial charge in [0.05, 0.1) is 0 Å². The average Bonchev–Trinajstić information content (AvgIpc) is 1.30. The second kappa shape index (κ2) is 4.61. The van der Waals surface area contributed by atoms with Crippen molar-refractivity contribution in [3.8, 4) is 0 Å². The van der Waals surface area contributed by atoms with Crippen molar-refractivity contribution in [1.82, 2.24) is 0 Å². The predicted molar refractivity (Wildman–Crippen MR) is 25.2 cm³/mol. The summed E-state index contributed by atoms with van der Waals surface area (Å²) in [5, 5.41) is 0. The van der Waals surface area contributed by atoms with E-state index in [1.807, 2.05) is 0 Å². The van der Waals surface area contributed by atoms with Crippen LogP contribution < -0.4 is 0 Å². The van der Waals surface area contributed by atoms with Crippen molar-refractivity contribution in [3.63, 3.8) is 0 Å². The van der Waals surface area contributed by atoms with Crippen LogP contribution in [0.2, 0.25) is 0 Å². The first kappa shape index (κ1) is 11.5. The molecule has 0 saturated heterocycles. The Morgan fingerprint density at radius 2 is 1.88 bits per heavy atom. The molecule has 0 aromatic carbocycles. The molecule has 0 fully saturated rings. The number of carbonyl (C=O) groups excluding carboxylic acids is 1. The van der Waals surface area contributed by atoms with Crippen LogP contribution >= 0.6 is 0 Å². The van der Waals surface area contributed by atoms with Gasteiger partial charge in [0.15, 0.2) is 0 Å². The summed E-state index contributed by atoms with van der Waals surface area (Å²) in [6.07, 6.45) is 0. The van der Waals surface area contributed by atoms with E-state index in [0.717, 1.165) is 0 Å². The van der Waals surface area contributed by atoms with Gasteiger partial charge >= 0.3 is 71.0 Å². The van der Waals surface area contributed by atoms with Gasteiger partial charge in [0.2, 0.25) is 0 Å². The number of hydrogen-bond donors (Lipinski definition) is 2. The molecule has 0 bridgehead atoms. The number of carbonyl (C=O) groups is 1. The number of rotatable bonds is 2. The molecule has 7 heteroatoms. The fourth-order valence-electron chi connectivity index (χ4n) is 0.0561. The van der Waals surface area contributed by atoms with Crippen molar-refractivity contribution in [3.05, 3.63) is 0 Å². The van der Waals surface area contributed by atoms with Crippen LogP contribution in [0.4, 0.5) is 0 Å². The van der Waals surface area contributed by atoms with Crippen LogP contribution in [0.3, 0.4) is 0 Å². The molecule has 0 aliphatic carbocycles. The van der Waals surface area contributed by atoms with Crippen LogP contribution in [0.5, 0.6) is 0 Å². The van der Waals surface area contributed by atoms with Gasteiger partial charge in [-0.2, -0.15) is 0 Å². The minimum absolute atomic E-state index is 0. The van der Waals surface area contributed by atoms with E-state index in [1.54, 1.807) is 0 Å². The molecule has 0 aliphatic rings. The van der Waals surface area contributed by atoms with Gasteiger partial charge in [0, 0.05) is 0 Å². The zero-order valence-corrected chi connectivity index (χ0v) is 5.02. The molecule has 0 rings (SSSR count). The topological polar surface area (TPSA) is 83.8 Å². The molecule has 8 heavy (non-hydrogen) atoms. The van der Waals surface area contributed by atoms with Crippen molar-refractivity contribution < 1.29 is 20.5 Å². The van der Waals surface area contributed by atoms with E-state index >= 15 is 0 Å². The first-order valence-corrected chi connectivity index (χ1v) is 4.45. The normalized spacial score (nSPS) is 9.25. The van der Waals surface area contributed by atoms with Gasteiger partial charge in [-0.05, 0) is 0 Å². The quantitative estimate of drug-likeness (QED) is 0.370. The van der Waals surface area contributed by atoms with Crippen LogP contribution in [0, 0.1) is 0 Å². The molecular weight excluding hydrogens is 190 g/mol. The molecule has 0 radical (unpaired) electrons. The molecule has 0 saturated carbocycles. The fourth-order valence-corrected chi connectivity index (χ4v) is 0.291. The molecule has 0 unspecified atom stereocenters. The van der Waals surface area contributed by atoms with Crippen LogP contribution in [-0.2, 0) is 12.3 Å². The fraction of sp³-hybridized carbons (Fsp3) is 0. The van der Waals surface area contributed by atoms with Gasteiger partial charge in [-0.25, -0.2) is 0 Å². The maximum absolute atomic E-state index is 9.53.